The monoisotopic (exact) mass is 529 g/mol. The molecule has 194 valence electrons. The molecule has 0 unspecified atom stereocenters. The number of alkyl halides is 3. The summed E-state index contributed by atoms with van der Waals surface area (Å²) >= 11 is 1.70. The molecule has 37 heavy (non-hydrogen) atoms. The molecule has 1 aliphatic heterocycles. The summed E-state index contributed by atoms with van der Waals surface area (Å²) in [5.41, 5.74) is -0.433. The summed E-state index contributed by atoms with van der Waals surface area (Å²) in [7, 11) is 1.51. The number of rotatable bonds is 5. The predicted octanol–water partition coefficient (Wildman–Crippen LogP) is 5.31. The van der Waals surface area contributed by atoms with E-state index in [1.54, 1.807) is 40.5 Å². The number of fused-ring (bicyclic) bond motifs is 1. The summed E-state index contributed by atoms with van der Waals surface area (Å²) in [6.07, 6.45) is -3.50. The number of halogens is 3. The standard InChI is InChI=1S/C26H26F3N5O2S/c1-16-22(18-6-8-19(36-3)9-7-18)31-24-20(15-30-34(24)23(16)26(27,28)29)25(35)33-12-10-32(11-13-33)17(2)21-5-4-14-37-21/h4-9,14-15,17H,10-13H2,1-3H3/t17-/m0/s1. The highest BCUT2D eigenvalue weighted by Crippen LogP contribution is 2.37. The average Bonchev–Trinajstić information content (AvgIpc) is 3.57. The second-order valence-electron chi connectivity index (χ2n) is 8.97. The van der Waals surface area contributed by atoms with Gasteiger partial charge in [0, 0.05) is 48.2 Å². The van der Waals surface area contributed by atoms with Crippen LogP contribution in [0.1, 0.15) is 39.5 Å². The largest absolute Gasteiger partial charge is 0.497 e. The molecule has 1 aliphatic rings. The van der Waals surface area contributed by atoms with E-state index in [1.165, 1.54) is 25.1 Å². The van der Waals surface area contributed by atoms with Crippen molar-refractivity contribution in [2.75, 3.05) is 33.3 Å². The number of carbonyl (C=O) groups excluding carboxylic acids is 1. The number of hydrogen-bond acceptors (Lipinski definition) is 6. The first-order valence-corrected chi connectivity index (χ1v) is 12.7. The fourth-order valence-electron chi connectivity index (χ4n) is 4.78. The van der Waals surface area contributed by atoms with Crippen LogP contribution in [0, 0.1) is 6.92 Å². The summed E-state index contributed by atoms with van der Waals surface area (Å²) in [6.45, 7) is 5.78. The molecule has 3 aromatic heterocycles. The molecular formula is C26H26F3N5O2S. The van der Waals surface area contributed by atoms with E-state index >= 15 is 0 Å². The first-order valence-electron chi connectivity index (χ1n) is 11.9. The van der Waals surface area contributed by atoms with Crippen molar-refractivity contribution in [1.29, 1.82) is 0 Å². The van der Waals surface area contributed by atoms with Gasteiger partial charge in [0.25, 0.3) is 5.91 Å². The lowest BCUT2D eigenvalue weighted by Gasteiger charge is -2.37. The highest BCUT2D eigenvalue weighted by atomic mass is 32.1. The zero-order valence-electron chi connectivity index (χ0n) is 20.6. The molecule has 1 aromatic carbocycles. The van der Waals surface area contributed by atoms with E-state index in [2.05, 4.69) is 28.0 Å². The number of amides is 1. The number of piperazine rings is 1. The quantitative estimate of drug-likeness (QED) is 0.351. The third-order valence-electron chi connectivity index (χ3n) is 6.85. The van der Waals surface area contributed by atoms with Gasteiger partial charge in [0.05, 0.1) is 19.0 Å². The van der Waals surface area contributed by atoms with Crippen LogP contribution in [0.4, 0.5) is 13.2 Å². The summed E-state index contributed by atoms with van der Waals surface area (Å²) in [4.78, 5) is 23.2. The van der Waals surface area contributed by atoms with Crippen LogP contribution in [-0.4, -0.2) is 63.6 Å². The lowest BCUT2D eigenvalue weighted by atomic mass is 10.0. The fourth-order valence-corrected chi connectivity index (χ4v) is 5.60. The van der Waals surface area contributed by atoms with Crippen molar-refractivity contribution >= 4 is 22.9 Å². The van der Waals surface area contributed by atoms with Gasteiger partial charge in [-0.15, -0.1) is 11.3 Å². The van der Waals surface area contributed by atoms with Gasteiger partial charge in [0.2, 0.25) is 0 Å². The lowest BCUT2D eigenvalue weighted by Crippen LogP contribution is -2.49. The maximum absolute atomic E-state index is 14.2. The van der Waals surface area contributed by atoms with Crippen molar-refractivity contribution in [3.05, 3.63) is 69.7 Å². The Bertz CT molecular complexity index is 1410. The van der Waals surface area contributed by atoms with Crippen molar-refractivity contribution in [3.63, 3.8) is 0 Å². The smallest absolute Gasteiger partial charge is 0.433 e. The van der Waals surface area contributed by atoms with Crippen LogP contribution in [0.2, 0.25) is 0 Å². The van der Waals surface area contributed by atoms with Gasteiger partial charge in [-0.25, -0.2) is 9.50 Å². The molecule has 4 aromatic rings. The van der Waals surface area contributed by atoms with Crippen LogP contribution < -0.4 is 4.74 Å². The second-order valence-corrected chi connectivity index (χ2v) is 9.95. The predicted molar refractivity (Wildman–Crippen MR) is 135 cm³/mol. The second kappa shape index (κ2) is 9.79. The van der Waals surface area contributed by atoms with E-state index in [4.69, 9.17) is 4.74 Å². The first-order chi connectivity index (χ1) is 17.7. The van der Waals surface area contributed by atoms with E-state index in [9.17, 15) is 18.0 Å². The van der Waals surface area contributed by atoms with Gasteiger partial charge in [0.15, 0.2) is 11.3 Å². The first kappa shape index (κ1) is 25.2. The van der Waals surface area contributed by atoms with Crippen molar-refractivity contribution in [2.45, 2.75) is 26.1 Å². The zero-order chi connectivity index (χ0) is 26.3. The third kappa shape index (κ3) is 4.69. The van der Waals surface area contributed by atoms with Crippen LogP contribution >= 0.6 is 11.3 Å². The van der Waals surface area contributed by atoms with Gasteiger partial charge in [-0.2, -0.15) is 18.3 Å². The minimum Gasteiger partial charge on any atom is -0.497 e. The van der Waals surface area contributed by atoms with E-state index in [-0.39, 0.29) is 34.4 Å². The van der Waals surface area contributed by atoms with Crippen LogP contribution in [-0.2, 0) is 6.18 Å². The number of carbonyl (C=O) groups is 1. The minimum absolute atomic E-state index is 0.0556. The molecule has 1 amide bonds. The van der Waals surface area contributed by atoms with Crippen molar-refractivity contribution < 1.29 is 22.7 Å². The van der Waals surface area contributed by atoms with Gasteiger partial charge in [-0.3, -0.25) is 9.69 Å². The van der Waals surface area contributed by atoms with Gasteiger partial charge < -0.3 is 9.64 Å². The topological polar surface area (TPSA) is 63.0 Å². The van der Waals surface area contributed by atoms with E-state index in [0.717, 1.165) is 4.52 Å². The highest BCUT2D eigenvalue weighted by Gasteiger charge is 2.39. The Labute approximate surface area is 216 Å². The average molecular weight is 530 g/mol. The van der Waals surface area contributed by atoms with E-state index < -0.39 is 11.9 Å². The number of thiophene rings is 1. The fraction of sp³-hybridized carbons (Fsp3) is 0.346. The molecule has 0 radical (unpaired) electrons. The van der Waals surface area contributed by atoms with Crippen LogP contribution in [0.3, 0.4) is 0 Å². The molecule has 1 fully saturated rings. The van der Waals surface area contributed by atoms with Crippen LogP contribution in [0.25, 0.3) is 16.9 Å². The molecule has 0 N–H and O–H groups in total. The number of ether oxygens (including phenoxy) is 1. The lowest BCUT2D eigenvalue weighted by molar-refractivity contribution is -0.143. The Balaban J connectivity index is 1.48. The summed E-state index contributed by atoms with van der Waals surface area (Å²) in [6, 6.07) is 11.0. The molecule has 0 aliphatic carbocycles. The summed E-state index contributed by atoms with van der Waals surface area (Å²) in [5.74, 6) is 0.204. The van der Waals surface area contributed by atoms with E-state index in [0.29, 0.717) is 37.5 Å². The Hall–Kier alpha value is -3.44. The van der Waals surface area contributed by atoms with E-state index in [1.807, 2.05) is 11.4 Å². The normalized spacial score (nSPS) is 15.8. The summed E-state index contributed by atoms with van der Waals surface area (Å²) < 4.78 is 48.5. The number of hydrogen-bond donors (Lipinski definition) is 0. The highest BCUT2D eigenvalue weighted by molar-refractivity contribution is 7.10. The van der Waals surface area contributed by atoms with Gasteiger partial charge in [-0.1, -0.05) is 6.07 Å². The molecule has 4 heterocycles. The Morgan fingerprint density at radius 3 is 2.41 bits per heavy atom. The molecule has 0 spiro atoms. The SMILES string of the molecule is COc1ccc(-c2nc3c(C(=O)N4CCN([C@@H](C)c5cccs5)CC4)cnn3c(C(F)(F)F)c2C)cc1. The molecule has 7 nitrogen and oxygen atoms in total. The molecule has 0 bridgehead atoms. The Morgan fingerprint density at radius 1 is 1.11 bits per heavy atom. The minimum atomic E-state index is -4.69. The van der Waals surface area contributed by atoms with Crippen molar-refractivity contribution in [1.82, 2.24) is 24.4 Å². The van der Waals surface area contributed by atoms with Gasteiger partial charge >= 0.3 is 6.18 Å². The Kier molecular flexibility index (Phi) is 6.67. The van der Waals surface area contributed by atoms with Gasteiger partial charge in [0.1, 0.15) is 11.3 Å². The number of aromatic nitrogens is 3. The van der Waals surface area contributed by atoms with Crippen molar-refractivity contribution in [2.24, 2.45) is 0 Å². The number of nitrogens with zero attached hydrogens (tertiary/aromatic N) is 5. The number of methoxy groups -OCH3 is 1. The van der Waals surface area contributed by atoms with Crippen LogP contribution in [0.15, 0.2) is 48.0 Å². The maximum Gasteiger partial charge on any atom is 0.433 e. The Morgan fingerprint density at radius 2 is 1.81 bits per heavy atom. The number of benzene rings is 1. The molecule has 5 rings (SSSR count). The molecule has 11 heteroatoms. The third-order valence-corrected chi connectivity index (χ3v) is 7.89. The maximum atomic E-state index is 14.2. The molecular weight excluding hydrogens is 503 g/mol. The molecule has 1 atom stereocenters. The van der Waals surface area contributed by atoms with Crippen LogP contribution in [0.5, 0.6) is 5.75 Å². The summed E-state index contributed by atoms with van der Waals surface area (Å²) in [5, 5.41) is 6.00. The van der Waals surface area contributed by atoms with Gasteiger partial charge in [-0.05, 0) is 49.6 Å². The molecule has 1 saturated heterocycles. The molecule has 0 saturated carbocycles. The van der Waals surface area contributed by atoms with Crippen molar-refractivity contribution in [3.8, 4) is 17.0 Å². The zero-order valence-corrected chi connectivity index (χ0v) is 21.4.